The molecule has 0 radical (unpaired) electrons. The second kappa shape index (κ2) is 11.4. The van der Waals surface area contributed by atoms with Crippen molar-refractivity contribution in [3.05, 3.63) is 16.1 Å². The molecule has 0 aromatic carbocycles. The number of hydrogen-bond acceptors (Lipinski definition) is 4. The predicted molar refractivity (Wildman–Crippen MR) is 94.7 cm³/mol. The second-order valence-corrected chi connectivity index (χ2v) is 6.44. The number of aliphatic imine (C=N–C) groups is 1. The second-order valence-electron chi connectivity index (χ2n) is 5.50. The highest BCUT2D eigenvalue weighted by Gasteiger charge is 2.05. The summed E-state index contributed by atoms with van der Waals surface area (Å²) in [4.78, 5) is 9.22. The van der Waals surface area contributed by atoms with Gasteiger partial charge in [0.25, 0.3) is 0 Å². The van der Waals surface area contributed by atoms with E-state index in [-0.39, 0.29) is 0 Å². The van der Waals surface area contributed by atoms with E-state index in [9.17, 15) is 0 Å². The largest absolute Gasteiger partial charge is 0.385 e. The lowest BCUT2D eigenvalue weighted by Crippen LogP contribution is -2.37. The van der Waals surface area contributed by atoms with Crippen LogP contribution in [-0.2, 0) is 11.3 Å². The van der Waals surface area contributed by atoms with Gasteiger partial charge in [-0.2, -0.15) is 0 Å². The molecule has 1 aromatic rings. The van der Waals surface area contributed by atoms with Crippen LogP contribution in [0.3, 0.4) is 0 Å². The fourth-order valence-electron chi connectivity index (χ4n) is 1.91. The minimum Gasteiger partial charge on any atom is -0.385 e. The van der Waals surface area contributed by atoms with Crippen LogP contribution in [0, 0.1) is 0 Å². The molecule has 0 bridgehead atoms. The molecule has 0 aliphatic rings. The average molecular weight is 327 g/mol. The molecule has 22 heavy (non-hydrogen) atoms. The van der Waals surface area contributed by atoms with Gasteiger partial charge >= 0.3 is 0 Å². The highest BCUT2D eigenvalue weighted by molar-refractivity contribution is 7.09. The van der Waals surface area contributed by atoms with Crippen molar-refractivity contribution in [1.29, 1.82) is 0 Å². The third-order valence-electron chi connectivity index (χ3n) is 3.20. The summed E-state index contributed by atoms with van der Waals surface area (Å²) in [5.41, 5.74) is 1.16. The molecule has 2 N–H and O–H groups in total. The van der Waals surface area contributed by atoms with Crippen LogP contribution in [-0.4, -0.2) is 37.7 Å². The lowest BCUT2D eigenvalue weighted by molar-refractivity contribution is 0.192. The fourth-order valence-corrected chi connectivity index (χ4v) is 2.79. The summed E-state index contributed by atoms with van der Waals surface area (Å²) in [7, 11) is 1.75. The monoisotopic (exact) mass is 326 g/mol. The molecule has 0 saturated carbocycles. The summed E-state index contributed by atoms with van der Waals surface area (Å²) in [6.07, 6.45) is 3.41. The van der Waals surface area contributed by atoms with Crippen LogP contribution >= 0.6 is 11.3 Å². The Balaban J connectivity index is 2.37. The van der Waals surface area contributed by atoms with E-state index in [0.29, 0.717) is 12.5 Å². The molecule has 1 heterocycles. The minimum absolute atomic E-state index is 0.479. The molecule has 0 saturated heterocycles. The van der Waals surface area contributed by atoms with E-state index in [4.69, 9.17) is 4.74 Å². The Morgan fingerprint density at radius 1 is 1.32 bits per heavy atom. The first kappa shape index (κ1) is 18.9. The van der Waals surface area contributed by atoms with Crippen LogP contribution < -0.4 is 10.6 Å². The summed E-state index contributed by atoms with van der Waals surface area (Å²) in [5.74, 6) is 1.35. The standard InChI is InChI=1S/C16H30N4OS/c1-5-17-16(18-9-7-6-8-10-21-4)19-11-15-20-14(12-22-15)13(2)3/h12-13H,5-11H2,1-4H3,(H2,17,18,19). The van der Waals surface area contributed by atoms with Crippen LogP contribution in [0.4, 0.5) is 0 Å². The minimum atomic E-state index is 0.479. The van der Waals surface area contributed by atoms with Gasteiger partial charge in [-0.25, -0.2) is 9.98 Å². The number of unbranched alkanes of at least 4 members (excludes halogenated alkanes) is 2. The summed E-state index contributed by atoms with van der Waals surface area (Å²) in [6, 6.07) is 0. The van der Waals surface area contributed by atoms with Crippen molar-refractivity contribution in [2.75, 3.05) is 26.8 Å². The third-order valence-corrected chi connectivity index (χ3v) is 4.05. The van der Waals surface area contributed by atoms with Gasteiger partial charge in [-0.3, -0.25) is 0 Å². The smallest absolute Gasteiger partial charge is 0.191 e. The van der Waals surface area contributed by atoms with E-state index in [1.54, 1.807) is 18.4 Å². The zero-order valence-corrected chi connectivity index (χ0v) is 15.1. The van der Waals surface area contributed by atoms with Crippen molar-refractivity contribution < 1.29 is 4.74 Å². The molecule has 1 rings (SSSR count). The van der Waals surface area contributed by atoms with E-state index in [1.165, 1.54) is 6.42 Å². The van der Waals surface area contributed by atoms with Crippen molar-refractivity contribution in [2.45, 2.75) is 52.5 Å². The Morgan fingerprint density at radius 3 is 2.77 bits per heavy atom. The Labute approximate surface area is 138 Å². The van der Waals surface area contributed by atoms with Crippen LogP contribution in [0.25, 0.3) is 0 Å². The molecule has 0 atom stereocenters. The van der Waals surface area contributed by atoms with Crippen LogP contribution in [0.2, 0.25) is 0 Å². The molecule has 5 nitrogen and oxygen atoms in total. The first-order valence-electron chi connectivity index (χ1n) is 8.12. The molecular weight excluding hydrogens is 296 g/mol. The number of nitrogens with zero attached hydrogens (tertiary/aromatic N) is 2. The van der Waals surface area contributed by atoms with Gasteiger partial charge < -0.3 is 15.4 Å². The SMILES string of the molecule is CCNC(=NCc1nc(C(C)C)cs1)NCCCCCOC. The average Bonchev–Trinajstić information content (AvgIpc) is 2.97. The summed E-state index contributed by atoms with van der Waals surface area (Å²) in [6.45, 7) is 9.69. The number of methoxy groups -OCH3 is 1. The number of ether oxygens (including phenoxy) is 1. The number of guanidine groups is 1. The molecule has 1 aromatic heterocycles. The van der Waals surface area contributed by atoms with E-state index in [0.717, 1.165) is 49.2 Å². The van der Waals surface area contributed by atoms with Gasteiger partial charge in [0, 0.05) is 32.2 Å². The van der Waals surface area contributed by atoms with Gasteiger partial charge in [0.1, 0.15) is 5.01 Å². The highest BCUT2D eigenvalue weighted by Crippen LogP contribution is 2.18. The van der Waals surface area contributed by atoms with Crippen LogP contribution in [0.15, 0.2) is 10.4 Å². The lowest BCUT2D eigenvalue weighted by atomic mass is 10.2. The van der Waals surface area contributed by atoms with Crippen LogP contribution in [0.5, 0.6) is 0 Å². The normalized spacial score (nSPS) is 12.0. The maximum Gasteiger partial charge on any atom is 0.191 e. The van der Waals surface area contributed by atoms with Crippen molar-refractivity contribution in [3.8, 4) is 0 Å². The lowest BCUT2D eigenvalue weighted by Gasteiger charge is -2.10. The topological polar surface area (TPSA) is 58.5 Å². The predicted octanol–water partition coefficient (Wildman–Crippen LogP) is 3.14. The zero-order valence-electron chi connectivity index (χ0n) is 14.3. The molecule has 0 fully saturated rings. The molecular formula is C16H30N4OS. The number of nitrogens with one attached hydrogen (secondary N) is 2. The Hall–Kier alpha value is -1.14. The summed E-state index contributed by atoms with van der Waals surface area (Å²) in [5, 5.41) is 9.85. The third kappa shape index (κ3) is 7.75. The highest BCUT2D eigenvalue weighted by atomic mass is 32.1. The summed E-state index contributed by atoms with van der Waals surface area (Å²) < 4.78 is 5.05. The van der Waals surface area contributed by atoms with E-state index in [1.807, 2.05) is 0 Å². The molecule has 126 valence electrons. The molecule has 0 amide bonds. The first-order chi connectivity index (χ1) is 10.7. The molecule has 0 unspecified atom stereocenters. The van der Waals surface area contributed by atoms with Gasteiger partial charge in [-0.1, -0.05) is 13.8 Å². The van der Waals surface area contributed by atoms with Crippen molar-refractivity contribution >= 4 is 17.3 Å². The maximum atomic E-state index is 5.05. The van der Waals surface area contributed by atoms with Gasteiger partial charge in [0.15, 0.2) is 5.96 Å². The molecule has 0 aliphatic heterocycles. The van der Waals surface area contributed by atoms with E-state index in [2.05, 4.69) is 46.8 Å². The van der Waals surface area contributed by atoms with Gasteiger partial charge in [0.05, 0.1) is 12.2 Å². The van der Waals surface area contributed by atoms with Crippen molar-refractivity contribution in [3.63, 3.8) is 0 Å². The number of rotatable bonds is 10. The number of thiazole rings is 1. The fraction of sp³-hybridized carbons (Fsp3) is 0.750. The van der Waals surface area contributed by atoms with E-state index >= 15 is 0 Å². The Kier molecular flexibility index (Phi) is 9.82. The number of aromatic nitrogens is 1. The van der Waals surface area contributed by atoms with Crippen LogP contribution in [0.1, 0.15) is 56.7 Å². The number of hydrogen-bond donors (Lipinski definition) is 2. The van der Waals surface area contributed by atoms with Crippen molar-refractivity contribution in [2.24, 2.45) is 4.99 Å². The maximum absolute atomic E-state index is 5.05. The Morgan fingerprint density at radius 2 is 2.14 bits per heavy atom. The summed E-state index contributed by atoms with van der Waals surface area (Å²) >= 11 is 1.69. The van der Waals surface area contributed by atoms with Gasteiger partial charge in [-0.05, 0) is 32.1 Å². The quantitative estimate of drug-likeness (QED) is 0.394. The van der Waals surface area contributed by atoms with Gasteiger partial charge in [0.2, 0.25) is 0 Å². The Bertz CT molecular complexity index is 432. The zero-order chi connectivity index (χ0) is 16.2. The van der Waals surface area contributed by atoms with E-state index < -0.39 is 0 Å². The molecule has 0 spiro atoms. The molecule has 6 heteroatoms. The first-order valence-corrected chi connectivity index (χ1v) is 9.00. The van der Waals surface area contributed by atoms with Gasteiger partial charge in [-0.15, -0.1) is 11.3 Å². The van der Waals surface area contributed by atoms with Crippen molar-refractivity contribution in [1.82, 2.24) is 15.6 Å². The molecule has 0 aliphatic carbocycles.